The fourth-order valence-electron chi connectivity index (χ4n) is 3.16. The Morgan fingerprint density at radius 1 is 1.38 bits per heavy atom. The maximum atomic E-state index is 13.5. The molecular weight excluding hydrogens is 333 g/mol. The van der Waals surface area contributed by atoms with Crippen molar-refractivity contribution in [2.24, 2.45) is 7.05 Å². The van der Waals surface area contributed by atoms with Gasteiger partial charge in [-0.05, 0) is 18.2 Å². The molecule has 2 aromatic heterocycles. The zero-order chi connectivity index (χ0) is 18.1. The van der Waals surface area contributed by atoms with E-state index < -0.39 is 0 Å². The van der Waals surface area contributed by atoms with Crippen LogP contribution in [0.4, 0.5) is 4.39 Å². The molecule has 3 heterocycles. The van der Waals surface area contributed by atoms with Crippen LogP contribution in [-0.4, -0.2) is 37.3 Å². The highest BCUT2D eigenvalue weighted by molar-refractivity contribution is 5.92. The van der Waals surface area contributed by atoms with Crippen molar-refractivity contribution in [1.82, 2.24) is 24.9 Å². The number of carbonyl (C=O) groups excluding carboxylic acids is 1. The van der Waals surface area contributed by atoms with E-state index in [0.29, 0.717) is 30.8 Å². The van der Waals surface area contributed by atoms with Gasteiger partial charge in [-0.25, -0.2) is 4.39 Å². The van der Waals surface area contributed by atoms with Crippen molar-refractivity contribution in [3.05, 3.63) is 65.4 Å². The summed E-state index contributed by atoms with van der Waals surface area (Å²) in [4.78, 5) is 14.3. The smallest absolute Gasteiger partial charge is 0.246 e. The fourth-order valence-corrected chi connectivity index (χ4v) is 3.16. The van der Waals surface area contributed by atoms with Crippen LogP contribution in [0.15, 0.2) is 42.7 Å². The lowest BCUT2D eigenvalue weighted by Crippen LogP contribution is -2.34. The van der Waals surface area contributed by atoms with Crippen LogP contribution in [0.5, 0.6) is 0 Å². The molecule has 0 radical (unpaired) electrons. The summed E-state index contributed by atoms with van der Waals surface area (Å²) in [5, 5.41) is 11.4. The van der Waals surface area contributed by atoms with E-state index in [-0.39, 0.29) is 11.7 Å². The van der Waals surface area contributed by atoms with Gasteiger partial charge in [0.1, 0.15) is 5.82 Å². The third-order valence-electron chi connectivity index (χ3n) is 4.49. The van der Waals surface area contributed by atoms with Crippen LogP contribution >= 0.6 is 0 Å². The Kier molecular flexibility index (Phi) is 4.12. The zero-order valence-electron chi connectivity index (χ0n) is 14.3. The molecule has 0 atom stereocenters. The van der Waals surface area contributed by atoms with Crippen molar-refractivity contribution < 1.29 is 9.18 Å². The number of aromatic amines is 1. The van der Waals surface area contributed by atoms with Crippen molar-refractivity contribution in [3.63, 3.8) is 0 Å². The van der Waals surface area contributed by atoms with Crippen LogP contribution in [0.25, 0.3) is 17.3 Å². The van der Waals surface area contributed by atoms with Gasteiger partial charge in [0.05, 0.1) is 11.9 Å². The molecule has 0 unspecified atom stereocenters. The van der Waals surface area contributed by atoms with E-state index in [1.807, 2.05) is 19.3 Å². The quantitative estimate of drug-likeness (QED) is 0.738. The van der Waals surface area contributed by atoms with Gasteiger partial charge in [-0.2, -0.15) is 10.2 Å². The van der Waals surface area contributed by atoms with Gasteiger partial charge in [-0.3, -0.25) is 14.6 Å². The summed E-state index contributed by atoms with van der Waals surface area (Å²) in [7, 11) is 1.83. The normalized spacial score (nSPS) is 14.0. The first kappa shape index (κ1) is 16.3. The maximum Gasteiger partial charge on any atom is 0.246 e. The number of nitrogens with one attached hydrogen (secondary N) is 1. The van der Waals surface area contributed by atoms with Crippen LogP contribution in [0.2, 0.25) is 0 Å². The molecular formula is C19H18FN5O. The summed E-state index contributed by atoms with van der Waals surface area (Å²) < 4.78 is 15.2. The Labute approximate surface area is 149 Å². The molecule has 6 nitrogen and oxygen atoms in total. The van der Waals surface area contributed by atoms with Crippen molar-refractivity contribution in [2.75, 3.05) is 6.54 Å². The summed E-state index contributed by atoms with van der Waals surface area (Å²) in [6.07, 6.45) is 7.56. The molecule has 26 heavy (non-hydrogen) atoms. The molecule has 0 saturated carbocycles. The molecule has 4 rings (SSSR count). The van der Waals surface area contributed by atoms with E-state index in [1.54, 1.807) is 34.0 Å². The predicted octanol–water partition coefficient (Wildman–Crippen LogP) is 2.55. The van der Waals surface area contributed by atoms with Gasteiger partial charge < -0.3 is 4.90 Å². The average molecular weight is 351 g/mol. The van der Waals surface area contributed by atoms with E-state index in [4.69, 9.17) is 0 Å². The van der Waals surface area contributed by atoms with Gasteiger partial charge in [0.25, 0.3) is 0 Å². The van der Waals surface area contributed by atoms with E-state index in [9.17, 15) is 9.18 Å². The second-order valence-corrected chi connectivity index (χ2v) is 6.33. The van der Waals surface area contributed by atoms with E-state index in [1.165, 1.54) is 12.1 Å². The monoisotopic (exact) mass is 351 g/mol. The molecule has 1 amide bonds. The zero-order valence-corrected chi connectivity index (χ0v) is 14.3. The molecule has 0 aliphatic carbocycles. The number of amides is 1. The van der Waals surface area contributed by atoms with Gasteiger partial charge in [0, 0.05) is 61.2 Å². The van der Waals surface area contributed by atoms with Crippen LogP contribution in [0.1, 0.15) is 16.8 Å². The number of rotatable bonds is 3. The number of nitrogens with zero attached hydrogens (tertiary/aromatic N) is 4. The number of halogens is 1. The number of H-pyrrole nitrogens is 1. The van der Waals surface area contributed by atoms with Gasteiger partial charge in [-0.1, -0.05) is 12.1 Å². The van der Waals surface area contributed by atoms with Crippen molar-refractivity contribution in [3.8, 4) is 11.3 Å². The highest BCUT2D eigenvalue weighted by Crippen LogP contribution is 2.28. The van der Waals surface area contributed by atoms with E-state index in [2.05, 4.69) is 15.3 Å². The number of aromatic nitrogens is 4. The number of fused-ring (bicyclic) bond motifs is 1. The van der Waals surface area contributed by atoms with Gasteiger partial charge >= 0.3 is 0 Å². The molecule has 1 aliphatic rings. The lowest BCUT2D eigenvalue weighted by molar-refractivity contribution is -0.126. The van der Waals surface area contributed by atoms with Crippen molar-refractivity contribution in [1.29, 1.82) is 0 Å². The summed E-state index contributed by atoms with van der Waals surface area (Å²) in [5.74, 6) is -0.367. The third kappa shape index (κ3) is 3.15. The number of benzene rings is 1. The second kappa shape index (κ2) is 6.59. The average Bonchev–Trinajstić information content (AvgIpc) is 3.25. The second-order valence-electron chi connectivity index (χ2n) is 6.33. The molecule has 132 valence electrons. The molecule has 0 spiro atoms. The summed E-state index contributed by atoms with van der Waals surface area (Å²) in [6.45, 7) is 1.07. The minimum absolute atomic E-state index is 0.0640. The van der Waals surface area contributed by atoms with Gasteiger partial charge in [-0.15, -0.1) is 0 Å². The lowest BCUT2D eigenvalue weighted by atomic mass is 10.0. The number of carbonyl (C=O) groups is 1. The largest absolute Gasteiger partial charge is 0.334 e. The van der Waals surface area contributed by atoms with Crippen molar-refractivity contribution in [2.45, 2.75) is 13.0 Å². The SMILES string of the molecule is Cn1cc(C=CC(=O)N2CCc3[nH]nc(-c4cccc(F)c4)c3C2)cn1. The van der Waals surface area contributed by atoms with Crippen LogP contribution in [-0.2, 0) is 24.8 Å². The van der Waals surface area contributed by atoms with E-state index >= 15 is 0 Å². The minimum atomic E-state index is -0.303. The number of hydrogen-bond acceptors (Lipinski definition) is 3. The molecule has 0 fully saturated rings. The first-order valence-electron chi connectivity index (χ1n) is 8.38. The summed E-state index contributed by atoms with van der Waals surface area (Å²) in [6, 6.07) is 6.35. The first-order valence-corrected chi connectivity index (χ1v) is 8.38. The Morgan fingerprint density at radius 3 is 3.04 bits per heavy atom. The van der Waals surface area contributed by atoms with Crippen LogP contribution < -0.4 is 0 Å². The summed E-state index contributed by atoms with van der Waals surface area (Å²) in [5.41, 5.74) is 4.24. The molecule has 7 heteroatoms. The third-order valence-corrected chi connectivity index (χ3v) is 4.49. The fraction of sp³-hybridized carbons (Fsp3) is 0.211. The Balaban J connectivity index is 1.54. The summed E-state index contributed by atoms with van der Waals surface area (Å²) >= 11 is 0. The highest BCUT2D eigenvalue weighted by Gasteiger charge is 2.24. The Bertz CT molecular complexity index is 987. The lowest BCUT2D eigenvalue weighted by Gasteiger charge is -2.26. The molecule has 3 aromatic rings. The molecule has 1 N–H and O–H groups in total. The van der Waals surface area contributed by atoms with Crippen LogP contribution in [0, 0.1) is 5.82 Å². The predicted molar refractivity (Wildman–Crippen MR) is 95.3 cm³/mol. The van der Waals surface area contributed by atoms with Crippen LogP contribution in [0.3, 0.4) is 0 Å². The van der Waals surface area contributed by atoms with Crippen molar-refractivity contribution >= 4 is 12.0 Å². The first-order chi connectivity index (χ1) is 12.6. The Hall–Kier alpha value is -3.22. The molecule has 1 aliphatic heterocycles. The standard InChI is InChI=1S/C19H18FN5O/c1-24-11-13(10-21-24)5-6-18(26)25-8-7-17-16(12-25)19(23-22-17)14-3-2-4-15(20)9-14/h2-6,9-11H,7-8,12H2,1H3,(H,22,23). The maximum absolute atomic E-state index is 13.5. The van der Waals surface area contributed by atoms with Gasteiger partial charge in [0.2, 0.25) is 5.91 Å². The molecule has 1 aromatic carbocycles. The molecule has 0 saturated heterocycles. The van der Waals surface area contributed by atoms with E-state index in [0.717, 1.165) is 16.8 Å². The minimum Gasteiger partial charge on any atom is -0.334 e. The number of aryl methyl sites for hydroxylation is 1. The Morgan fingerprint density at radius 2 is 2.27 bits per heavy atom. The number of hydrogen-bond donors (Lipinski definition) is 1. The topological polar surface area (TPSA) is 66.8 Å². The van der Waals surface area contributed by atoms with Gasteiger partial charge in [0.15, 0.2) is 0 Å². The highest BCUT2D eigenvalue weighted by atomic mass is 19.1. The molecule has 0 bridgehead atoms.